The third kappa shape index (κ3) is 5.56. The largest absolute Gasteiger partial charge is 0.368 e. The van der Waals surface area contributed by atoms with Gasteiger partial charge < -0.3 is 14.7 Å². The minimum Gasteiger partial charge on any atom is -0.368 e. The number of carbonyl (C=O) groups is 2. The molecule has 2 heterocycles. The summed E-state index contributed by atoms with van der Waals surface area (Å²) >= 11 is 5.91. The van der Waals surface area contributed by atoms with Crippen LogP contribution in [0.3, 0.4) is 0 Å². The lowest BCUT2D eigenvalue weighted by Crippen LogP contribution is -2.42. The molecule has 176 valence electrons. The molecule has 0 N–H and O–H groups in total. The van der Waals surface area contributed by atoms with Gasteiger partial charge in [0.05, 0.1) is 5.69 Å². The van der Waals surface area contributed by atoms with Gasteiger partial charge in [0.25, 0.3) is 0 Å². The number of rotatable bonds is 7. The average molecular weight is 472 g/mol. The van der Waals surface area contributed by atoms with Gasteiger partial charge in [-0.3, -0.25) is 9.59 Å². The highest BCUT2D eigenvalue weighted by atomic mass is 35.5. The van der Waals surface area contributed by atoms with Crippen LogP contribution in [0.25, 0.3) is 0 Å². The van der Waals surface area contributed by atoms with Gasteiger partial charge in [0, 0.05) is 55.1 Å². The Morgan fingerprint density at radius 3 is 2.55 bits per heavy atom. The van der Waals surface area contributed by atoms with E-state index in [1.54, 1.807) is 23.1 Å². The van der Waals surface area contributed by atoms with Crippen molar-refractivity contribution in [3.8, 4) is 0 Å². The van der Waals surface area contributed by atoms with E-state index in [4.69, 9.17) is 11.6 Å². The number of hydrogen-bond acceptors (Lipinski definition) is 4. The third-order valence-corrected chi connectivity index (χ3v) is 7.07. The molecule has 0 bridgehead atoms. The van der Waals surface area contributed by atoms with Crippen molar-refractivity contribution in [2.24, 2.45) is 5.92 Å². The maximum Gasteiger partial charge on any atom is 0.230 e. The predicted molar refractivity (Wildman–Crippen MR) is 131 cm³/mol. The number of Topliss-reactive ketones (excluding diaryl/α,β-unsaturated/α-hetero) is 1. The fourth-order valence-corrected chi connectivity index (χ4v) is 5.00. The summed E-state index contributed by atoms with van der Waals surface area (Å²) in [5, 5.41) is 0.629. The Bertz CT molecular complexity index is 1010. The molecule has 2 aromatic rings. The van der Waals surface area contributed by atoms with Crippen molar-refractivity contribution in [3.63, 3.8) is 0 Å². The fraction of sp³-hybridized carbons (Fsp3) is 0.462. The summed E-state index contributed by atoms with van der Waals surface area (Å²) in [6.45, 7) is 2.16. The van der Waals surface area contributed by atoms with E-state index in [0.29, 0.717) is 35.4 Å². The molecular weight excluding hydrogens is 441 g/mol. The molecule has 2 aliphatic rings. The standard InChI is InChI=1S/C26H31ClFN3O2/c1-29(2)22-11-13-30(17-22)25-10-9-21(16-24(25)28)31-12-3-4-19(26(31)33)15-23(32)14-18-5-7-20(27)8-6-18/h5-10,16,19,22H,3-4,11-15,17H2,1-2H3/t19-,22?/m0/s1. The summed E-state index contributed by atoms with van der Waals surface area (Å²) in [5.74, 6) is -0.725. The van der Waals surface area contributed by atoms with Crippen molar-refractivity contribution in [2.45, 2.75) is 38.1 Å². The van der Waals surface area contributed by atoms with Gasteiger partial charge in [-0.1, -0.05) is 23.7 Å². The zero-order valence-corrected chi connectivity index (χ0v) is 20.0. The van der Waals surface area contributed by atoms with Gasteiger partial charge in [-0.05, 0) is 69.3 Å². The number of likely N-dealkylation sites (N-methyl/N-ethyl adjacent to an activating group) is 1. The molecule has 1 unspecified atom stereocenters. The lowest BCUT2D eigenvalue weighted by atomic mass is 9.90. The van der Waals surface area contributed by atoms with Gasteiger partial charge >= 0.3 is 0 Å². The van der Waals surface area contributed by atoms with E-state index < -0.39 is 0 Å². The number of benzene rings is 2. The quantitative estimate of drug-likeness (QED) is 0.593. The smallest absolute Gasteiger partial charge is 0.230 e. The summed E-state index contributed by atoms with van der Waals surface area (Å²) in [6, 6.07) is 12.7. The van der Waals surface area contributed by atoms with E-state index in [-0.39, 0.29) is 36.3 Å². The second-order valence-electron chi connectivity index (χ2n) is 9.36. The van der Waals surface area contributed by atoms with Gasteiger partial charge in [0.1, 0.15) is 11.6 Å². The molecule has 0 aromatic heterocycles. The van der Waals surface area contributed by atoms with Crippen LogP contribution in [0.1, 0.15) is 31.2 Å². The molecule has 4 rings (SSSR count). The first-order chi connectivity index (χ1) is 15.8. The van der Waals surface area contributed by atoms with Crippen LogP contribution in [0, 0.1) is 11.7 Å². The number of amides is 1. The molecule has 0 spiro atoms. The lowest BCUT2D eigenvalue weighted by Gasteiger charge is -2.32. The van der Waals surface area contributed by atoms with E-state index in [1.165, 1.54) is 6.07 Å². The van der Waals surface area contributed by atoms with Gasteiger partial charge in [-0.15, -0.1) is 0 Å². The molecule has 7 heteroatoms. The van der Waals surface area contributed by atoms with Gasteiger partial charge in [-0.2, -0.15) is 0 Å². The zero-order chi connectivity index (χ0) is 23.5. The molecule has 0 radical (unpaired) electrons. The Hall–Kier alpha value is -2.44. The summed E-state index contributed by atoms with van der Waals surface area (Å²) in [6.07, 6.45) is 2.98. The zero-order valence-electron chi connectivity index (χ0n) is 19.3. The monoisotopic (exact) mass is 471 g/mol. The number of halogens is 2. The van der Waals surface area contributed by atoms with Crippen LogP contribution in [0.4, 0.5) is 15.8 Å². The molecule has 33 heavy (non-hydrogen) atoms. The van der Waals surface area contributed by atoms with Crippen LogP contribution in [-0.2, 0) is 16.0 Å². The summed E-state index contributed by atoms with van der Waals surface area (Å²) in [4.78, 5) is 31.6. The number of carbonyl (C=O) groups excluding carboxylic acids is 2. The van der Waals surface area contributed by atoms with Crippen LogP contribution in [0.15, 0.2) is 42.5 Å². The second-order valence-corrected chi connectivity index (χ2v) is 9.80. The minimum atomic E-state index is -0.360. The van der Waals surface area contributed by atoms with Crippen molar-refractivity contribution in [1.29, 1.82) is 0 Å². The minimum absolute atomic E-state index is 0.0310. The molecule has 2 saturated heterocycles. The highest BCUT2D eigenvalue weighted by molar-refractivity contribution is 6.30. The van der Waals surface area contributed by atoms with Crippen molar-refractivity contribution in [2.75, 3.05) is 43.5 Å². The Kier molecular flexibility index (Phi) is 7.35. The fourth-order valence-electron chi connectivity index (χ4n) is 4.87. The number of ketones is 1. The summed E-state index contributed by atoms with van der Waals surface area (Å²) in [5.41, 5.74) is 2.04. The molecule has 0 aliphatic carbocycles. The maximum absolute atomic E-state index is 15.0. The Labute approximate surface area is 200 Å². The molecule has 2 atom stereocenters. The Morgan fingerprint density at radius 2 is 1.88 bits per heavy atom. The molecule has 1 amide bonds. The first-order valence-corrected chi connectivity index (χ1v) is 12.0. The Morgan fingerprint density at radius 1 is 1.12 bits per heavy atom. The van der Waals surface area contributed by atoms with E-state index >= 15 is 4.39 Å². The molecule has 2 fully saturated rings. The van der Waals surface area contributed by atoms with Gasteiger partial charge in [0.2, 0.25) is 5.91 Å². The van der Waals surface area contributed by atoms with Crippen LogP contribution in [0.5, 0.6) is 0 Å². The third-order valence-electron chi connectivity index (χ3n) is 6.82. The maximum atomic E-state index is 15.0. The number of hydrogen-bond donors (Lipinski definition) is 0. The van der Waals surface area contributed by atoms with Gasteiger partial charge in [-0.25, -0.2) is 4.39 Å². The molecular formula is C26H31ClFN3O2. The van der Waals surface area contributed by atoms with Crippen molar-refractivity contribution < 1.29 is 14.0 Å². The molecule has 0 saturated carbocycles. The first-order valence-electron chi connectivity index (χ1n) is 11.6. The first kappa shape index (κ1) is 23.7. The number of nitrogens with zero attached hydrogens (tertiary/aromatic N) is 3. The number of anilines is 2. The van der Waals surface area contributed by atoms with Gasteiger partial charge in [0.15, 0.2) is 0 Å². The topological polar surface area (TPSA) is 43.9 Å². The molecule has 2 aliphatic heterocycles. The average Bonchev–Trinajstić information content (AvgIpc) is 3.27. The highest BCUT2D eigenvalue weighted by Gasteiger charge is 2.32. The molecule has 5 nitrogen and oxygen atoms in total. The SMILES string of the molecule is CN(C)C1CCN(c2ccc(N3CCC[C@@H](CC(=O)Cc4ccc(Cl)cc4)C3=O)cc2F)C1. The lowest BCUT2D eigenvalue weighted by molar-refractivity contribution is -0.128. The van der Waals surface area contributed by atoms with E-state index in [1.807, 2.05) is 32.3 Å². The van der Waals surface area contributed by atoms with E-state index in [2.05, 4.69) is 9.80 Å². The summed E-state index contributed by atoms with van der Waals surface area (Å²) in [7, 11) is 4.10. The van der Waals surface area contributed by atoms with E-state index in [9.17, 15) is 9.59 Å². The van der Waals surface area contributed by atoms with E-state index in [0.717, 1.165) is 31.5 Å². The summed E-state index contributed by atoms with van der Waals surface area (Å²) < 4.78 is 15.0. The van der Waals surface area contributed by atoms with Crippen LogP contribution >= 0.6 is 11.6 Å². The Balaban J connectivity index is 1.40. The molecule has 2 aromatic carbocycles. The predicted octanol–water partition coefficient (Wildman–Crippen LogP) is 4.56. The normalized spacial score (nSPS) is 21.2. The van der Waals surface area contributed by atoms with Crippen molar-refractivity contribution in [3.05, 3.63) is 58.9 Å². The van der Waals surface area contributed by atoms with Crippen molar-refractivity contribution >= 4 is 34.7 Å². The highest BCUT2D eigenvalue weighted by Crippen LogP contribution is 2.32. The van der Waals surface area contributed by atoms with Crippen LogP contribution in [0.2, 0.25) is 5.02 Å². The van der Waals surface area contributed by atoms with Crippen LogP contribution in [-0.4, -0.2) is 56.4 Å². The number of piperidine rings is 1. The second kappa shape index (κ2) is 10.2. The van der Waals surface area contributed by atoms with Crippen molar-refractivity contribution in [1.82, 2.24) is 4.90 Å². The van der Waals surface area contributed by atoms with Crippen LogP contribution < -0.4 is 9.80 Å².